The molecule has 5 nitrogen and oxygen atoms in total. The molecule has 1 unspecified atom stereocenters. The highest BCUT2D eigenvalue weighted by Gasteiger charge is 2.21. The van der Waals surface area contributed by atoms with Crippen LogP contribution < -0.4 is 10.6 Å². The number of pyridine rings is 1. The van der Waals surface area contributed by atoms with Crippen molar-refractivity contribution in [2.24, 2.45) is 11.7 Å². The van der Waals surface area contributed by atoms with Gasteiger partial charge in [0.15, 0.2) is 0 Å². The Kier molecular flexibility index (Phi) is 4.34. The molecule has 0 aliphatic carbocycles. The Morgan fingerprint density at radius 2 is 2.04 bits per heavy atom. The molecule has 0 saturated carbocycles. The van der Waals surface area contributed by atoms with Crippen LogP contribution in [0.2, 0.25) is 0 Å². The average Bonchev–Trinajstić information content (AvgIpc) is 2.58. The number of aryl methyl sites for hydroxylation is 1. The largest absolute Gasteiger partial charge is 0.369 e. The number of primary amides is 1. The molecule has 1 aromatic heterocycles. The minimum Gasteiger partial charge on any atom is -0.369 e. The van der Waals surface area contributed by atoms with Crippen molar-refractivity contribution in [1.82, 2.24) is 4.98 Å². The van der Waals surface area contributed by atoms with Gasteiger partial charge in [0, 0.05) is 43.0 Å². The highest BCUT2D eigenvalue weighted by Crippen LogP contribution is 2.31. The fraction of sp³-hybridized carbons (Fsp3) is 0.316. The summed E-state index contributed by atoms with van der Waals surface area (Å²) in [6, 6.07) is 8.16. The summed E-state index contributed by atoms with van der Waals surface area (Å²) in [4.78, 5) is 29.0. The molecule has 2 heterocycles. The van der Waals surface area contributed by atoms with Crippen LogP contribution in [0.1, 0.15) is 24.5 Å². The zero-order valence-electron chi connectivity index (χ0n) is 14.0. The summed E-state index contributed by atoms with van der Waals surface area (Å²) in [6.45, 7) is 1.82. The topological polar surface area (TPSA) is 76.3 Å². The van der Waals surface area contributed by atoms with Crippen LogP contribution in [0, 0.1) is 5.92 Å². The van der Waals surface area contributed by atoms with Crippen LogP contribution in [0.25, 0.3) is 11.1 Å². The van der Waals surface area contributed by atoms with Gasteiger partial charge in [-0.3, -0.25) is 14.6 Å². The van der Waals surface area contributed by atoms with Crippen molar-refractivity contribution in [1.29, 1.82) is 0 Å². The Morgan fingerprint density at radius 3 is 2.79 bits per heavy atom. The first-order valence-corrected chi connectivity index (χ1v) is 8.09. The third kappa shape index (κ3) is 3.15. The summed E-state index contributed by atoms with van der Waals surface area (Å²) in [5.41, 5.74) is 10.6. The monoisotopic (exact) mass is 323 g/mol. The highest BCUT2D eigenvalue weighted by atomic mass is 16.2. The van der Waals surface area contributed by atoms with E-state index in [0.29, 0.717) is 12.8 Å². The predicted octanol–water partition coefficient (Wildman–Crippen LogP) is 2.32. The third-order valence-corrected chi connectivity index (χ3v) is 4.58. The molecule has 2 N–H and O–H groups in total. The van der Waals surface area contributed by atoms with Gasteiger partial charge in [0.2, 0.25) is 11.8 Å². The first kappa shape index (κ1) is 16.2. The molecule has 0 fully saturated rings. The van der Waals surface area contributed by atoms with Gasteiger partial charge in [0.25, 0.3) is 0 Å². The van der Waals surface area contributed by atoms with Gasteiger partial charge in [-0.1, -0.05) is 13.0 Å². The van der Waals surface area contributed by atoms with Crippen molar-refractivity contribution in [3.05, 3.63) is 47.8 Å². The zero-order chi connectivity index (χ0) is 17.3. The van der Waals surface area contributed by atoms with Gasteiger partial charge < -0.3 is 10.6 Å². The van der Waals surface area contributed by atoms with Gasteiger partial charge in [-0.25, -0.2) is 0 Å². The minimum atomic E-state index is -0.304. The van der Waals surface area contributed by atoms with Crippen LogP contribution in [0.15, 0.2) is 36.7 Å². The van der Waals surface area contributed by atoms with E-state index in [-0.39, 0.29) is 17.7 Å². The lowest BCUT2D eigenvalue weighted by Gasteiger charge is -2.26. The van der Waals surface area contributed by atoms with Crippen LogP contribution in [0.4, 0.5) is 5.69 Å². The normalized spacial score (nSPS) is 15.1. The van der Waals surface area contributed by atoms with Gasteiger partial charge in [-0.05, 0) is 47.7 Å². The smallest absolute Gasteiger partial charge is 0.227 e. The number of rotatable bonds is 4. The van der Waals surface area contributed by atoms with E-state index in [4.69, 9.17) is 5.73 Å². The fourth-order valence-corrected chi connectivity index (χ4v) is 3.05. The Bertz CT molecular complexity index is 801. The van der Waals surface area contributed by atoms with Crippen LogP contribution in [0.5, 0.6) is 0 Å². The minimum absolute atomic E-state index is 0.152. The summed E-state index contributed by atoms with van der Waals surface area (Å²) < 4.78 is 0. The third-order valence-electron chi connectivity index (χ3n) is 4.58. The predicted molar refractivity (Wildman–Crippen MR) is 93.5 cm³/mol. The van der Waals surface area contributed by atoms with E-state index in [1.165, 1.54) is 5.56 Å². The molecule has 5 heteroatoms. The maximum absolute atomic E-state index is 11.8. The number of anilines is 1. The zero-order valence-corrected chi connectivity index (χ0v) is 14.0. The highest BCUT2D eigenvalue weighted by molar-refractivity contribution is 5.96. The van der Waals surface area contributed by atoms with E-state index in [0.717, 1.165) is 28.8 Å². The number of benzene rings is 1. The van der Waals surface area contributed by atoms with E-state index in [1.807, 2.05) is 38.4 Å². The molecule has 0 radical (unpaired) electrons. The first-order valence-electron chi connectivity index (χ1n) is 8.09. The molecular formula is C19H21N3O2. The maximum Gasteiger partial charge on any atom is 0.227 e. The molecule has 124 valence electrons. The van der Waals surface area contributed by atoms with Gasteiger partial charge >= 0.3 is 0 Å². The Morgan fingerprint density at radius 1 is 1.25 bits per heavy atom. The summed E-state index contributed by atoms with van der Waals surface area (Å²) in [6.07, 6.45) is 5.48. The molecule has 1 aliphatic heterocycles. The molecule has 24 heavy (non-hydrogen) atoms. The van der Waals surface area contributed by atoms with Gasteiger partial charge in [0.05, 0.1) is 0 Å². The van der Waals surface area contributed by atoms with Crippen molar-refractivity contribution < 1.29 is 9.59 Å². The number of amides is 2. The van der Waals surface area contributed by atoms with E-state index in [9.17, 15) is 9.59 Å². The lowest BCUT2D eigenvalue weighted by atomic mass is 9.95. The second-order valence-electron chi connectivity index (χ2n) is 6.39. The molecule has 2 aromatic rings. The fourth-order valence-electron chi connectivity index (χ4n) is 3.05. The quantitative estimate of drug-likeness (QED) is 0.938. The molecule has 3 rings (SSSR count). The number of nitrogens with two attached hydrogens (primary N) is 1. The van der Waals surface area contributed by atoms with E-state index >= 15 is 0 Å². The number of nitrogens with zero attached hydrogens (tertiary/aromatic N) is 2. The van der Waals surface area contributed by atoms with E-state index in [2.05, 4.69) is 11.1 Å². The number of carbonyl (C=O) groups is 2. The number of hydrogen-bond donors (Lipinski definition) is 1. The van der Waals surface area contributed by atoms with Crippen molar-refractivity contribution >= 4 is 17.5 Å². The van der Waals surface area contributed by atoms with Gasteiger partial charge in [-0.15, -0.1) is 0 Å². The number of aromatic nitrogens is 1. The molecule has 0 spiro atoms. The number of hydrogen-bond acceptors (Lipinski definition) is 3. The number of fused-ring (bicyclic) bond motifs is 1. The standard InChI is InChI=1S/C19H21N3O2/c1-12(19(20)24)7-13-8-16(11-21-10-13)14-3-5-17-15(9-14)4-6-18(23)22(17)2/h3,5,8-12H,4,6-7H2,1-2H3,(H2,20,24). The molecule has 1 aromatic carbocycles. The Balaban J connectivity index is 1.90. The molecular weight excluding hydrogens is 302 g/mol. The Labute approximate surface area is 141 Å². The molecule has 1 aliphatic rings. The maximum atomic E-state index is 11.8. The lowest BCUT2D eigenvalue weighted by molar-refractivity contribution is -0.121. The summed E-state index contributed by atoms with van der Waals surface area (Å²) in [5, 5.41) is 0. The second-order valence-corrected chi connectivity index (χ2v) is 6.39. The van der Waals surface area contributed by atoms with E-state index in [1.54, 1.807) is 11.1 Å². The lowest BCUT2D eigenvalue weighted by Crippen LogP contribution is -2.30. The van der Waals surface area contributed by atoms with Crippen molar-refractivity contribution in [2.75, 3.05) is 11.9 Å². The molecule has 1 atom stereocenters. The van der Waals surface area contributed by atoms with Gasteiger partial charge in [0.1, 0.15) is 0 Å². The Hall–Kier alpha value is -2.69. The van der Waals surface area contributed by atoms with Crippen LogP contribution in [0.3, 0.4) is 0 Å². The van der Waals surface area contributed by atoms with E-state index < -0.39 is 0 Å². The van der Waals surface area contributed by atoms with Crippen LogP contribution >= 0.6 is 0 Å². The molecule has 0 saturated heterocycles. The number of carbonyl (C=O) groups excluding carboxylic acids is 2. The SMILES string of the molecule is CC(Cc1cncc(-c2ccc3c(c2)CCC(=O)N3C)c1)C(N)=O. The van der Waals surface area contributed by atoms with Crippen molar-refractivity contribution in [3.63, 3.8) is 0 Å². The van der Waals surface area contributed by atoms with Crippen LogP contribution in [-0.2, 0) is 22.4 Å². The van der Waals surface area contributed by atoms with Gasteiger partial charge in [-0.2, -0.15) is 0 Å². The summed E-state index contributed by atoms with van der Waals surface area (Å²) in [5.74, 6) is -0.369. The first-order chi connectivity index (χ1) is 11.5. The van der Waals surface area contributed by atoms with Crippen molar-refractivity contribution in [2.45, 2.75) is 26.2 Å². The second kappa shape index (κ2) is 6.43. The average molecular weight is 323 g/mol. The van der Waals surface area contributed by atoms with Crippen LogP contribution in [-0.4, -0.2) is 23.8 Å². The molecule has 0 bridgehead atoms. The summed E-state index contributed by atoms with van der Waals surface area (Å²) >= 11 is 0. The summed E-state index contributed by atoms with van der Waals surface area (Å²) in [7, 11) is 1.81. The molecule has 2 amide bonds. The van der Waals surface area contributed by atoms with Crippen molar-refractivity contribution in [3.8, 4) is 11.1 Å².